The van der Waals surface area contributed by atoms with Crippen LogP contribution in [0.2, 0.25) is 0 Å². The highest BCUT2D eigenvalue weighted by Crippen LogP contribution is 2.24. The van der Waals surface area contributed by atoms with Crippen molar-refractivity contribution >= 4 is 16.0 Å². The molecule has 112 valence electrons. The van der Waals surface area contributed by atoms with Crippen molar-refractivity contribution in [3.8, 4) is 0 Å². The summed E-state index contributed by atoms with van der Waals surface area (Å²) in [6.07, 6.45) is 7.84. The molecule has 1 fully saturated rings. The third-order valence-electron chi connectivity index (χ3n) is 3.74. The number of hydrogen-bond donors (Lipinski definition) is 3. The summed E-state index contributed by atoms with van der Waals surface area (Å²) in [5.74, 6) is 5.69. The number of hydrazine groups is 1. The van der Waals surface area contributed by atoms with Crippen LogP contribution in [0.25, 0.3) is 0 Å². The van der Waals surface area contributed by atoms with Gasteiger partial charge in [0.25, 0.3) is 0 Å². The van der Waals surface area contributed by atoms with Crippen LogP contribution in [0.5, 0.6) is 0 Å². The average Bonchev–Trinajstić information content (AvgIpc) is 2.64. The minimum atomic E-state index is -3.58. The molecule has 1 heterocycles. The summed E-state index contributed by atoms with van der Waals surface area (Å²) in [4.78, 5) is 7.72. The van der Waals surface area contributed by atoms with Gasteiger partial charge < -0.3 is 0 Å². The highest BCUT2D eigenvalue weighted by Gasteiger charge is 2.26. The zero-order chi connectivity index (χ0) is 14.6. The molecule has 0 spiro atoms. The fourth-order valence-corrected chi connectivity index (χ4v) is 3.73. The van der Waals surface area contributed by atoms with Gasteiger partial charge in [-0.1, -0.05) is 26.2 Å². The van der Waals surface area contributed by atoms with E-state index < -0.39 is 10.0 Å². The van der Waals surface area contributed by atoms with Crippen LogP contribution in [-0.4, -0.2) is 24.4 Å². The first-order chi connectivity index (χ1) is 9.53. The molecule has 7 nitrogen and oxygen atoms in total. The molecule has 0 aliphatic heterocycles. The van der Waals surface area contributed by atoms with Crippen molar-refractivity contribution < 1.29 is 8.42 Å². The second-order valence-electron chi connectivity index (χ2n) is 5.23. The first-order valence-corrected chi connectivity index (χ1v) is 8.32. The third kappa shape index (κ3) is 3.65. The van der Waals surface area contributed by atoms with Crippen molar-refractivity contribution in [3.05, 3.63) is 12.4 Å². The van der Waals surface area contributed by atoms with Crippen LogP contribution in [-0.2, 0) is 10.0 Å². The van der Waals surface area contributed by atoms with E-state index in [0.717, 1.165) is 19.3 Å². The second kappa shape index (κ2) is 6.47. The normalized spacial score (nSPS) is 24.1. The third-order valence-corrected chi connectivity index (χ3v) is 5.18. The minimum Gasteiger partial charge on any atom is -0.292 e. The lowest BCUT2D eigenvalue weighted by molar-refractivity contribution is 0.399. The standard InChI is InChI=1S/C12H21N5O2S/c1-9-5-3-2-4-6-11(9)17-20(18,19)10-7-14-12(16-13)15-8-10/h7-9,11,17H,2-6,13H2,1H3,(H,14,15,16). The van der Waals surface area contributed by atoms with Gasteiger partial charge in [-0.2, -0.15) is 0 Å². The fourth-order valence-electron chi connectivity index (χ4n) is 2.46. The summed E-state index contributed by atoms with van der Waals surface area (Å²) in [6, 6.07) is -0.0187. The number of aromatic nitrogens is 2. The molecule has 0 saturated heterocycles. The number of nitrogen functional groups attached to an aromatic ring is 1. The maximum atomic E-state index is 12.3. The Bertz CT molecular complexity index is 531. The Labute approximate surface area is 119 Å². The van der Waals surface area contributed by atoms with Crippen LogP contribution in [0.4, 0.5) is 5.95 Å². The molecule has 2 unspecified atom stereocenters. The highest BCUT2D eigenvalue weighted by atomic mass is 32.2. The van der Waals surface area contributed by atoms with Crippen LogP contribution in [0, 0.1) is 5.92 Å². The van der Waals surface area contributed by atoms with Gasteiger partial charge in [-0.05, 0) is 18.8 Å². The molecule has 1 saturated carbocycles. The van der Waals surface area contributed by atoms with Gasteiger partial charge in [0.1, 0.15) is 4.90 Å². The van der Waals surface area contributed by atoms with Gasteiger partial charge in [0, 0.05) is 6.04 Å². The van der Waals surface area contributed by atoms with Crippen molar-refractivity contribution in [2.24, 2.45) is 11.8 Å². The van der Waals surface area contributed by atoms with E-state index in [9.17, 15) is 8.42 Å². The summed E-state index contributed by atoms with van der Waals surface area (Å²) in [6.45, 7) is 2.09. The molecule has 1 aromatic rings. The Morgan fingerprint density at radius 1 is 1.20 bits per heavy atom. The molecule has 0 bridgehead atoms. The van der Waals surface area contributed by atoms with E-state index in [4.69, 9.17) is 5.84 Å². The predicted octanol–water partition coefficient (Wildman–Crippen LogP) is 1.01. The largest absolute Gasteiger partial charge is 0.292 e. The first-order valence-electron chi connectivity index (χ1n) is 6.84. The summed E-state index contributed by atoms with van der Waals surface area (Å²) < 4.78 is 27.4. The zero-order valence-corrected chi connectivity index (χ0v) is 12.4. The molecule has 0 radical (unpaired) electrons. The quantitative estimate of drug-likeness (QED) is 0.435. The molecular formula is C12H21N5O2S. The predicted molar refractivity (Wildman–Crippen MR) is 76.2 cm³/mol. The van der Waals surface area contributed by atoms with Gasteiger partial charge >= 0.3 is 0 Å². The van der Waals surface area contributed by atoms with Gasteiger partial charge in [-0.15, -0.1) is 0 Å². The van der Waals surface area contributed by atoms with E-state index in [2.05, 4.69) is 27.0 Å². The number of sulfonamides is 1. The number of nitrogens with zero attached hydrogens (tertiary/aromatic N) is 2. The molecule has 2 atom stereocenters. The molecule has 0 aromatic carbocycles. The van der Waals surface area contributed by atoms with E-state index >= 15 is 0 Å². The Balaban J connectivity index is 2.12. The van der Waals surface area contributed by atoms with Crippen molar-refractivity contribution in [3.63, 3.8) is 0 Å². The molecule has 0 amide bonds. The van der Waals surface area contributed by atoms with Crippen molar-refractivity contribution in [2.45, 2.75) is 50.0 Å². The molecule has 2 rings (SSSR count). The first kappa shape index (κ1) is 15.1. The summed E-state index contributed by atoms with van der Waals surface area (Å²) in [5, 5.41) is 0. The Morgan fingerprint density at radius 3 is 2.50 bits per heavy atom. The van der Waals surface area contributed by atoms with Gasteiger partial charge in [0.15, 0.2) is 0 Å². The van der Waals surface area contributed by atoms with Gasteiger partial charge in [0.2, 0.25) is 16.0 Å². The molecule has 8 heteroatoms. The lowest BCUT2D eigenvalue weighted by Crippen LogP contribution is -2.38. The molecule has 1 aliphatic rings. The summed E-state index contributed by atoms with van der Waals surface area (Å²) in [7, 11) is -3.58. The highest BCUT2D eigenvalue weighted by molar-refractivity contribution is 7.89. The SMILES string of the molecule is CC1CCCCCC1NS(=O)(=O)c1cnc(NN)nc1. The summed E-state index contributed by atoms with van der Waals surface area (Å²) in [5.41, 5.74) is 2.26. The number of hydrogen-bond acceptors (Lipinski definition) is 6. The monoisotopic (exact) mass is 299 g/mol. The molecule has 4 N–H and O–H groups in total. The molecule has 20 heavy (non-hydrogen) atoms. The van der Waals surface area contributed by atoms with Gasteiger partial charge in [0.05, 0.1) is 12.4 Å². The van der Waals surface area contributed by atoms with Crippen LogP contribution < -0.4 is 16.0 Å². The van der Waals surface area contributed by atoms with E-state index in [-0.39, 0.29) is 16.9 Å². The van der Waals surface area contributed by atoms with Crippen molar-refractivity contribution in [1.29, 1.82) is 0 Å². The fraction of sp³-hybridized carbons (Fsp3) is 0.667. The second-order valence-corrected chi connectivity index (χ2v) is 6.94. The van der Waals surface area contributed by atoms with Crippen LogP contribution in [0.3, 0.4) is 0 Å². The van der Waals surface area contributed by atoms with E-state index in [0.29, 0.717) is 5.92 Å². The van der Waals surface area contributed by atoms with Gasteiger partial charge in [-0.25, -0.2) is 29.0 Å². The minimum absolute atomic E-state index is 0.0187. The smallest absolute Gasteiger partial charge is 0.243 e. The Hall–Kier alpha value is -1.25. The molecule has 1 aliphatic carbocycles. The summed E-state index contributed by atoms with van der Waals surface area (Å²) >= 11 is 0. The molecular weight excluding hydrogens is 278 g/mol. The lowest BCUT2D eigenvalue weighted by atomic mass is 9.98. The topological polar surface area (TPSA) is 110 Å². The van der Waals surface area contributed by atoms with Crippen molar-refractivity contribution in [1.82, 2.24) is 14.7 Å². The van der Waals surface area contributed by atoms with Crippen LogP contribution >= 0.6 is 0 Å². The van der Waals surface area contributed by atoms with E-state index in [1.807, 2.05) is 0 Å². The maximum absolute atomic E-state index is 12.3. The van der Waals surface area contributed by atoms with E-state index in [1.54, 1.807) is 0 Å². The number of rotatable bonds is 4. The van der Waals surface area contributed by atoms with Gasteiger partial charge in [-0.3, -0.25) is 5.43 Å². The maximum Gasteiger partial charge on any atom is 0.243 e. The average molecular weight is 299 g/mol. The van der Waals surface area contributed by atoms with Crippen LogP contribution in [0.15, 0.2) is 17.3 Å². The van der Waals surface area contributed by atoms with Crippen LogP contribution in [0.1, 0.15) is 39.0 Å². The molecule has 1 aromatic heterocycles. The Kier molecular flexibility index (Phi) is 4.90. The number of anilines is 1. The number of nitrogens with two attached hydrogens (primary N) is 1. The Morgan fingerprint density at radius 2 is 1.85 bits per heavy atom. The van der Waals surface area contributed by atoms with E-state index in [1.165, 1.54) is 25.2 Å². The lowest BCUT2D eigenvalue weighted by Gasteiger charge is -2.22. The van der Waals surface area contributed by atoms with Crippen molar-refractivity contribution in [2.75, 3.05) is 5.43 Å². The zero-order valence-electron chi connectivity index (χ0n) is 11.5. The number of nitrogens with one attached hydrogen (secondary N) is 2.